The van der Waals surface area contributed by atoms with Gasteiger partial charge in [0, 0.05) is 50.9 Å². The molecule has 3 nitrogen and oxygen atoms in total. The minimum Gasteiger partial charge on any atom is -0.330 e. The topological polar surface area (TPSA) is 9.72 Å². The maximum atomic E-state index is 2.81. The Bertz CT molecular complexity index is 3730. The smallest absolute Gasteiger partial charge is 0.252 e. The van der Waals surface area contributed by atoms with Gasteiger partial charge in [-0.15, -0.1) is 0 Å². The van der Waals surface area contributed by atoms with Crippen molar-refractivity contribution in [2.45, 2.75) is 104 Å². The number of hydrogen-bond acceptors (Lipinski definition) is 3. The molecule has 9 aromatic rings. The van der Waals surface area contributed by atoms with Crippen molar-refractivity contribution in [1.29, 1.82) is 0 Å². The second-order valence-electron chi connectivity index (χ2n) is 24.3. The first-order chi connectivity index (χ1) is 35.5. The van der Waals surface area contributed by atoms with Crippen molar-refractivity contribution in [2.75, 3.05) is 14.7 Å². The highest BCUT2D eigenvalue weighted by atomic mass is 15.3. The number of anilines is 8. The van der Waals surface area contributed by atoms with Crippen molar-refractivity contribution in [3.63, 3.8) is 0 Å². The molecule has 364 valence electrons. The minimum atomic E-state index is -0.406. The number of fused-ring (bicyclic) bond motifs is 9. The summed E-state index contributed by atoms with van der Waals surface area (Å²) in [6.45, 7) is 23.8. The Balaban J connectivity index is 1.19. The first kappa shape index (κ1) is 46.2. The summed E-state index contributed by atoms with van der Waals surface area (Å²) >= 11 is 0. The number of nitrogens with zero attached hydrogens (tertiary/aromatic N) is 3. The van der Waals surface area contributed by atoms with E-state index in [1.165, 1.54) is 117 Å². The summed E-state index contributed by atoms with van der Waals surface area (Å²) in [5, 5.41) is 0. The number of rotatable bonds is 5. The average molecular weight is 960 g/mol. The largest absolute Gasteiger partial charge is 0.330 e. The molecule has 4 aliphatic rings. The van der Waals surface area contributed by atoms with Gasteiger partial charge in [0.25, 0.3) is 6.71 Å². The molecule has 0 fully saturated rings. The molecule has 0 aromatic heterocycles. The van der Waals surface area contributed by atoms with Gasteiger partial charge in [-0.25, -0.2) is 0 Å². The Hall–Kier alpha value is -7.56. The monoisotopic (exact) mass is 960 g/mol. The lowest BCUT2D eigenvalue weighted by Crippen LogP contribution is -2.61. The molecule has 2 atom stereocenters. The van der Waals surface area contributed by atoms with E-state index in [2.05, 4.69) is 278 Å². The van der Waals surface area contributed by atoms with Crippen molar-refractivity contribution < 1.29 is 0 Å². The second-order valence-corrected chi connectivity index (χ2v) is 24.3. The Morgan fingerprint density at radius 3 is 1.66 bits per heavy atom. The fraction of sp³-hybridized carbons (Fsp3) is 0.229. The Morgan fingerprint density at radius 1 is 0.446 bits per heavy atom. The quantitative estimate of drug-likeness (QED) is 0.159. The van der Waals surface area contributed by atoms with E-state index in [1.54, 1.807) is 0 Å². The minimum absolute atomic E-state index is 0.0417. The normalized spacial score (nSPS) is 18.3. The molecule has 0 spiro atoms. The van der Waals surface area contributed by atoms with Crippen LogP contribution < -0.4 is 31.1 Å². The molecule has 1 aliphatic carbocycles. The Labute approximate surface area is 440 Å². The highest BCUT2D eigenvalue weighted by Gasteiger charge is 2.60. The van der Waals surface area contributed by atoms with Crippen LogP contribution in [0.15, 0.2) is 194 Å². The van der Waals surface area contributed by atoms with Gasteiger partial charge in [0.15, 0.2) is 0 Å². The molecule has 74 heavy (non-hydrogen) atoms. The molecule has 0 saturated heterocycles. The van der Waals surface area contributed by atoms with E-state index in [-0.39, 0.29) is 23.0 Å². The van der Waals surface area contributed by atoms with Gasteiger partial charge in [0.1, 0.15) is 0 Å². The number of hydrogen-bond donors (Lipinski definition) is 0. The van der Waals surface area contributed by atoms with Crippen molar-refractivity contribution in [3.8, 4) is 22.3 Å². The summed E-state index contributed by atoms with van der Waals surface area (Å²) in [6.07, 6.45) is 2.12. The van der Waals surface area contributed by atoms with Crippen molar-refractivity contribution in [2.24, 2.45) is 0 Å². The molecule has 0 radical (unpaired) electrons. The zero-order chi connectivity index (χ0) is 51.1. The van der Waals surface area contributed by atoms with E-state index in [1.807, 2.05) is 0 Å². The van der Waals surface area contributed by atoms with E-state index in [4.69, 9.17) is 0 Å². The van der Waals surface area contributed by atoms with E-state index >= 15 is 0 Å². The first-order valence-electron chi connectivity index (χ1n) is 26.9. The summed E-state index contributed by atoms with van der Waals surface area (Å²) in [5.41, 5.74) is 27.4. The van der Waals surface area contributed by atoms with Crippen LogP contribution in [0.2, 0.25) is 0 Å². The molecule has 0 N–H and O–H groups in total. The van der Waals surface area contributed by atoms with Crippen molar-refractivity contribution in [3.05, 3.63) is 233 Å². The highest BCUT2D eigenvalue weighted by Crippen LogP contribution is 2.65. The number of benzene rings is 9. The molecule has 13 rings (SSSR count). The van der Waals surface area contributed by atoms with Gasteiger partial charge in [0.2, 0.25) is 0 Å². The summed E-state index contributed by atoms with van der Waals surface area (Å²) < 4.78 is 0. The third-order valence-corrected chi connectivity index (χ3v) is 17.7. The Kier molecular flexibility index (Phi) is 10.3. The molecule has 0 amide bonds. The molecule has 3 heterocycles. The van der Waals surface area contributed by atoms with E-state index in [0.717, 1.165) is 18.5 Å². The van der Waals surface area contributed by atoms with Crippen LogP contribution in [-0.4, -0.2) is 6.71 Å². The first-order valence-corrected chi connectivity index (χ1v) is 26.9. The highest BCUT2D eigenvalue weighted by molar-refractivity contribution is 7.00. The van der Waals surface area contributed by atoms with Gasteiger partial charge >= 0.3 is 0 Å². The van der Waals surface area contributed by atoms with Gasteiger partial charge in [-0.3, -0.25) is 0 Å². The summed E-state index contributed by atoms with van der Waals surface area (Å²) in [6, 6.07) is 74.6. The molecule has 3 aliphatic heterocycles. The van der Waals surface area contributed by atoms with Gasteiger partial charge < -0.3 is 14.7 Å². The van der Waals surface area contributed by atoms with Crippen LogP contribution in [0.4, 0.5) is 45.5 Å². The van der Waals surface area contributed by atoms with E-state index < -0.39 is 5.54 Å². The van der Waals surface area contributed by atoms with Gasteiger partial charge in [-0.05, 0) is 165 Å². The Morgan fingerprint density at radius 2 is 1.00 bits per heavy atom. The van der Waals surface area contributed by atoms with Crippen LogP contribution in [-0.2, 0) is 28.2 Å². The standard InChI is InChI=1S/C70H66BN3/c1-45-37-46(2)66-58(38-45)69(9)36-35-49-25-17-18-30-57(49)70(69,10)74(66)56-43-63-65-64(44-56)73(55-29-20-27-52(41-55)67(3,4)5)62-42-53(68(6,7)8)32-34-60(62)71(65)59-33-31-51(48-23-15-12-16-24-48)40-61(59)72(63)54-28-19-26-50(39-54)47-21-13-11-14-22-47/h11-34,37-44H,35-36H2,1-10H3. The lowest BCUT2D eigenvalue weighted by atomic mass is 9.33. The third kappa shape index (κ3) is 6.86. The predicted octanol–water partition coefficient (Wildman–Crippen LogP) is 16.6. The van der Waals surface area contributed by atoms with E-state index in [0.29, 0.717) is 0 Å². The van der Waals surface area contributed by atoms with Crippen LogP contribution in [0.1, 0.15) is 101 Å². The number of aryl methyl sites for hydroxylation is 3. The van der Waals surface area contributed by atoms with Crippen LogP contribution in [0, 0.1) is 13.8 Å². The second kappa shape index (κ2) is 16.5. The SMILES string of the molecule is Cc1cc(C)c2c(c1)C1(C)CCc3ccccc3C1(C)N2c1cc2c3c(c1)N(c1cccc(C(C)(C)C)c1)c1cc(C(C)(C)C)ccc1B3c1ccc(-c3ccccc3)cc1N2c1cccc(-c2ccccc2)c1. The van der Waals surface area contributed by atoms with Crippen LogP contribution in [0.3, 0.4) is 0 Å². The predicted molar refractivity (Wildman–Crippen MR) is 316 cm³/mol. The lowest BCUT2D eigenvalue weighted by Gasteiger charge is -2.52. The zero-order valence-corrected chi connectivity index (χ0v) is 44.8. The van der Waals surface area contributed by atoms with Crippen LogP contribution in [0.5, 0.6) is 0 Å². The van der Waals surface area contributed by atoms with Gasteiger partial charge in [0.05, 0.1) is 5.54 Å². The third-order valence-electron chi connectivity index (χ3n) is 17.7. The maximum absolute atomic E-state index is 2.81. The molecule has 2 unspecified atom stereocenters. The van der Waals surface area contributed by atoms with Crippen LogP contribution >= 0.6 is 0 Å². The van der Waals surface area contributed by atoms with Crippen molar-refractivity contribution >= 4 is 68.6 Å². The van der Waals surface area contributed by atoms with Gasteiger partial charge in [-0.1, -0.05) is 200 Å². The fourth-order valence-corrected chi connectivity index (χ4v) is 13.7. The molecule has 9 aromatic carbocycles. The molecular formula is C70H66BN3. The van der Waals surface area contributed by atoms with Crippen molar-refractivity contribution in [1.82, 2.24) is 0 Å². The van der Waals surface area contributed by atoms with Gasteiger partial charge in [-0.2, -0.15) is 0 Å². The molecule has 4 heteroatoms. The summed E-state index contributed by atoms with van der Waals surface area (Å²) in [4.78, 5) is 8.08. The van der Waals surface area contributed by atoms with Crippen LogP contribution in [0.25, 0.3) is 22.3 Å². The maximum Gasteiger partial charge on any atom is 0.252 e. The molecular weight excluding hydrogens is 894 g/mol. The lowest BCUT2D eigenvalue weighted by molar-refractivity contribution is 0.245. The molecule has 0 bridgehead atoms. The average Bonchev–Trinajstić information content (AvgIpc) is 3.61. The fourth-order valence-electron chi connectivity index (χ4n) is 13.7. The zero-order valence-electron chi connectivity index (χ0n) is 44.8. The van der Waals surface area contributed by atoms with E-state index in [9.17, 15) is 0 Å². The molecule has 0 saturated carbocycles. The summed E-state index contributed by atoms with van der Waals surface area (Å²) in [5.74, 6) is 0. The summed E-state index contributed by atoms with van der Waals surface area (Å²) in [7, 11) is 0.